The number of aliphatic imine (C=N–C) groups is 1. The molecule has 1 aromatic heterocycles. The van der Waals surface area contributed by atoms with Crippen molar-refractivity contribution in [1.82, 2.24) is 14.5 Å². The summed E-state index contributed by atoms with van der Waals surface area (Å²) in [6, 6.07) is 22.4. The standard InChI is InChI=1S/C37H42Cl2N6O3S/c1-2-15-45-16-3-22-49-36(45)41-29-5-7-30(8-6-29)43-18-20-44(21-19-43)31-9-11-32(12-10-31)46-24-33-25-47-37(48-33,26-42-17-14-40-27-42)34-13-4-28(38)23-35(34)39/h4-14,17,23,27,33H,2-3,15-16,18-22,24-26H2,1H3. The van der Waals surface area contributed by atoms with Crippen LogP contribution in [0.25, 0.3) is 0 Å². The zero-order valence-electron chi connectivity index (χ0n) is 27.7. The normalized spacial score (nSPS) is 22.2. The molecule has 0 amide bonds. The van der Waals surface area contributed by atoms with E-state index in [0.29, 0.717) is 29.8 Å². The SMILES string of the molecule is CCCN1CCCSC1=Nc1ccc(N2CCN(c3ccc(OCC4COC(Cn5ccnc5)(c5ccc(Cl)cc5Cl)O4)cc3)CC2)cc1. The van der Waals surface area contributed by atoms with Crippen molar-refractivity contribution in [2.45, 2.75) is 38.2 Å². The summed E-state index contributed by atoms with van der Waals surface area (Å²) in [5.74, 6) is 0.859. The molecular weight excluding hydrogens is 679 g/mol. The predicted molar refractivity (Wildman–Crippen MR) is 200 cm³/mol. The molecule has 0 spiro atoms. The maximum absolute atomic E-state index is 6.61. The summed E-state index contributed by atoms with van der Waals surface area (Å²) in [7, 11) is 0. The molecule has 3 saturated heterocycles. The van der Waals surface area contributed by atoms with Gasteiger partial charge in [0.1, 0.15) is 18.5 Å². The molecule has 4 heterocycles. The van der Waals surface area contributed by atoms with Crippen LogP contribution in [0.5, 0.6) is 5.75 Å². The van der Waals surface area contributed by atoms with Crippen molar-refractivity contribution in [2.24, 2.45) is 4.99 Å². The summed E-state index contributed by atoms with van der Waals surface area (Å²) in [5.41, 5.74) is 4.19. The van der Waals surface area contributed by atoms with Crippen LogP contribution in [0.1, 0.15) is 25.3 Å². The lowest BCUT2D eigenvalue weighted by Gasteiger charge is -2.37. The van der Waals surface area contributed by atoms with Crippen LogP contribution < -0.4 is 14.5 Å². The van der Waals surface area contributed by atoms with Crippen molar-refractivity contribution >= 4 is 57.2 Å². The predicted octanol–water partition coefficient (Wildman–Crippen LogP) is 7.70. The minimum absolute atomic E-state index is 0.286. The Morgan fingerprint density at radius 1 is 0.959 bits per heavy atom. The number of amidine groups is 1. The van der Waals surface area contributed by atoms with Crippen molar-refractivity contribution in [2.75, 3.05) is 68.0 Å². The summed E-state index contributed by atoms with van der Waals surface area (Å²) < 4.78 is 20.9. The highest BCUT2D eigenvalue weighted by Crippen LogP contribution is 2.40. The molecule has 3 aliphatic heterocycles. The van der Waals surface area contributed by atoms with Gasteiger partial charge in [0.2, 0.25) is 5.79 Å². The smallest absolute Gasteiger partial charge is 0.215 e. The maximum atomic E-state index is 6.61. The summed E-state index contributed by atoms with van der Waals surface area (Å²) >= 11 is 14.7. The number of aromatic nitrogens is 2. The van der Waals surface area contributed by atoms with E-state index in [1.54, 1.807) is 24.7 Å². The second kappa shape index (κ2) is 15.6. The molecule has 0 saturated carbocycles. The molecule has 0 radical (unpaired) electrons. The lowest BCUT2D eigenvalue weighted by Crippen LogP contribution is -2.46. The fourth-order valence-electron chi connectivity index (χ4n) is 6.58. The lowest BCUT2D eigenvalue weighted by atomic mass is 10.1. The molecule has 0 bridgehead atoms. The summed E-state index contributed by atoms with van der Waals surface area (Å²) in [4.78, 5) is 16.5. The highest BCUT2D eigenvalue weighted by atomic mass is 35.5. The monoisotopic (exact) mass is 720 g/mol. The van der Waals surface area contributed by atoms with E-state index in [0.717, 1.165) is 73.6 Å². The largest absolute Gasteiger partial charge is 0.491 e. The van der Waals surface area contributed by atoms with Crippen LogP contribution in [0, 0.1) is 0 Å². The maximum Gasteiger partial charge on any atom is 0.215 e. The Hall–Kier alpha value is -3.41. The van der Waals surface area contributed by atoms with E-state index < -0.39 is 5.79 Å². The van der Waals surface area contributed by atoms with Gasteiger partial charge in [-0.3, -0.25) is 0 Å². The number of thioether (sulfide) groups is 1. The van der Waals surface area contributed by atoms with Crippen LogP contribution in [0.4, 0.5) is 17.1 Å². The third-order valence-electron chi connectivity index (χ3n) is 9.08. The zero-order chi connectivity index (χ0) is 33.6. The number of ether oxygens (including phenoxy) is 3. The van der Waals surface area contributed by atoms with Gasteiger partial charge in [0.05, 0.1) is 30.2 Å². The molecule has 12 heteroatoms. The molecule has 3 aromatic carbocycles. The van der Waals surface area contributed by atoms with E-state index in [4.69, 9.17) is 42.4 Å². The first-order valence-electron chi connectivity index (χ1n) is 17.0. The van der Waals surface area contributed by atoms with Gasteiger partial charge in [0, 0.05) is 79.4 Å². The molecule has 3 aliphatic rings. The van der Waals surface area contributed by atoms with Gasteiger partial charge in [-0.1, -0.05) is 48.0 Å². The molecule has 0 N–H and O–H groups in total. The second-order valence-electron chi connectivity index (χ2n) is 12.5. The van der Waals surface area contributed by atoms with Crippen molar-refractivity contribution in [3.8, 4) is 5.75 Å². The topological polar surface area (TPSA) is 67.6 Å². The highest BCUT2D eigenvalue weighted by Gasteiger charge is 2.45. The fourth-order valence-corrected chi connectivity index (χ4v) is 8.12. The first-order chi connectivity index (χ1) is 24.0. The van der Waals surface area contributed by atoms with Crippen LogP contribution in [-0.2, 0) is 21.8 Å². The van der Waals surface area contributed by atoms with Crippen LogP contribution in [0.15, 0.2) is 90.4 Å². The number of imidazole rings is 1. The van der Waals surface area contributed by atoms with Crippen LogP contribution in [0.3, 0.4) is 0 Å². The first-order valence-corrected chi connectivity index (χ1v) is 18.7. The minimum atomic E-state index is -1.08. The number of halogens is 2. The number of rotatable bonds is 11. The molecule has 2 atom stereocenters. The summed E-state index contributed by atoms with van der Waals surface area (Å²) in [6.07, 6.45) is 7.42. The van der Waals surface area contributed by atoms with Gasteiger partial charge in [0.25, 0.3) is 0 Å². The molecule has 3 fully saturated rings. The zero-order valence-corrected chi connectivity index (χ0v) is 30.0. The Labute approximate surface area is 302 Å². The summed E-state index contributed by atoms with van der Waals surface area (Å²) in [5, 5.41) is 2.20. The first kappa shape index (κ1) is 34.1. The van der Waals surface area contributed by atoms with Crippen molar-refractivity contribution in [3.63, 3.8) is 0 Å². The van der Waals surface area contributed by atoms with Gasteiger partial charge in [-0.15, -0.1) is 0 Å². The Morgan fingerprint density at radius 3 is 2.37 bits per heavy atom. The molecule has 4 aromatic rings. The average molecular weight is 722 g/mol. The van der Waals surface area contributed by atoms with Crippen molar-refractivity contribution in [1.29, 1.82) is 0 Å². The number of nitrogens with zero attached hydrogens (tertiary/aromatic N) is 6. The third kappa shape index (κ3) is 8.15. The number of anilines is 2. The Morgan fingerprint density at radius 2 is 1.69 bits per heavy atom. The molecule has 49 heavy (non-hydrogen) atoms. The Kier molecular flexibility index (Phi) is 10.9. The second-order valence-corrected chi connectivity index (χ2v) is 14.4. The van der Waals surface area contributed by atoms with E-state index in [2.05, 4.69) is 63.0 Å². The number of piperazine rings is 1. The Bertz CT molecular complexity index is 1700. The highest BCUT2D eigenvalue weighted by molar-refractivity contribution is 8.13. The average Bonchev–Trinajstić information content (AvgIpc) is 3.79. The van der Waals surface area contributed by atoms with Crippen molar-refractivity contribution in [3.05, 3.63) is 101 Å². The minimum Gasteiger partial charge on any atom is -0.491 e. The number of benzene rings is 3. The van der Waals surface area contributed by atoms with Crippen LogP contribution in [0.2, 0.25) is 10.0 Å². The third-order valence-corrected chi connectivity index (χ3v) is 10.7. The van der Waals surface area contributed by atoms with E-state index >= 15 is 0 Å². The van der Waals surface area contributed by atoms with E-state index in [-0.39, 0.29) is 6.10 Å². The van der Waals surface area contributed by atoms with E-state index in [1.165, 1.54) is 17.8 Å². The number of hydrogen-bond donors (Lipinski definition) is 0. The van der Waals surface area contributed by atoms with Gasteiger partial charge in [0.15, 0.2) is 5.17 Å². The molecular formula is C37H42Cl2N6O3S. The van der Waals surface area contributed by atoms with Crippen molar-refractivity contribution < 1.29 is 14.2 Å². The van der Waals surface area contributed by atoms with Crippen LogP contribution >= 0.6 is 35.0 Å². The van der Waals surface area contributed by atoms with Gasteiger partial charge < -0.3 is 33.5 Å². The van der Waals surface area contributed by atoms with Gasteiger partial charge >= 0.3 is 0 Å². The molecule has 7 rings (SSSR count). The quantitative estimate of drug-likeness (QED) is 0.156. The summed E-state index contributed by atoms with van der Waals surface area (Å²) in [6.45, 7) is 9.34. The Balaban J connectivity index is 0.911. The van der Waals surface area contributed by atoms with E-state index in [9.17, 15) is 0 Å². The fraction of sp³-hybridized carbons (Fsp3) is 0.405. The van der Waals surface area contributed by atoms with Gasteiger partial charge in [-0.05, 0) is 73.5 Å². The van der Waals surface area contributed by atoms with Gasteiger partial charge in [-0.2, -0.15) is 0 Å². The molecule has 9 nitrogen and oxygen atoms in total. The number of hydrogen-bond acceptors (Lipinski definition) is 8. The lowest BCUT2D eigenvalue weighted by molar-refractivity contribution is -0.189. The van der Waals surface area contributed by atoms with E-state index in [1.807, 2.05) is 40.7 Å². The molecule has 258 valence electrons. The van der Waals surface area contributed by atoms with Crippen LogP contribution in [-0.4, -0.2) is 84.0 Å². The molecule has 0 aliphatic carbocycles. The molecule has 2 unspecified atom stereocenters. The van der Waals surface area contributed by atoms with Gasteiger partial charge in [-0.25, -0.2) is 9.98 Å².